The van der Waals surface area contributed by atoms with Gasteiger partial charge in [0.25, 0.3) is 5.91 Å². The predicted molar refractivity (Wildman–Crippen MR) is 106 cm³/mol. The van der Waals surface area contributed by atoms with Crippen LogP contribution >= 0.6 is 0 Å². The van der Waals surface area contributed by atoms with Crippen molar-refractivity contribution in [3.63, 3.8) is 0 Å². The van der Waals surface area contributed by atoms with E-state index in [1.54, 1.807) is 12.3 Å². The molecule has 4 rings (SSSR count). The van der Waals surface area contributed by atoms with Gasteiger partial charge in [0.05, 0.1) is 11.1 Å². The van der Waals surface area contributed by atoms with E-state index in [0.29, 0.717) is 17.6 Å². The molecule has 0 bridgehead atoms. The number of hydrogen-bond donors (Lipinski definition) is 1. The van der Waals surface area contributed by atoms with E-state index in [-0.39, 0.29) is 5.91 Å². The Kier molecular flexibility index (Phi) is 4.79. The first-order valence-corrected chi connectivity index (χ1v) is 8.73. The van der Waals surface area contributed by atoms with Crippen LogP contribution in [0.1, 0.15) is 15.9 Å². The van der Waals surface area contributed by atoms with Crippen LogP contribution in [0, 0.1) is 0 Å². The number of benzene rings is 3. The molecule has 1 heterocycles. The zero-order valence-electron chi connectivity index (χ0n) is 14.6. The Labute approximate surface area is 157 Å². The third-order valence-electron chi connectivity index (χ3n) is 4.21. The van der Waals surface area contributed by atoms with Gasteiger partial charge in [-0.3, -0.25) is 9.78 Å². The standard InChI is InChI=1S/C23H18N2O2/c26-23(21-13-5-8-18-9-6-14-24-22(18)21)25-16-17-7-4-12-20(15-17)27-19-10-2-1-3-11-19/h1-15H,16H2,(H,25,26). The average Bonchev–Trinajstić information content (AvgIpc) is 2.72. The smallest absolute Gasteiger partial charge is 0.253 e. The van der Waals surface area contributed by atoms with Crippen molar-refractivity contribution in [2.45, 2.75) is 6.54 Å². The van der Waals surface area contributed by atoms with Gasteiger partial charge in [0.2, 0.25) is 0 Å². The van der Waals surface area contributed by atoms with Crippen molar-refractivity contribution in [3.8, 4) is 11.5 Å². The highest BCUT2D eigenvalue weighted by Gasteiger charge is 2.10. The number of rotatable bonds is 5. The zero-order valence-corrected chi connectivity index (χ0v) is 14.6. The van der Waals surface area contributed by atoms with Gasteiger partial charge in [-0.1, -0.05) is 48.5 Å². The Balaban J connectivity index is 1.47. The van der Waals surface area contributed by atoms with Crippen LogP contribution in [0.2, 0.25) is 0 Å². The number of nitrogens with one attached hydrogen (secondary N) is 1. The van der Waals surface area contributed by atoms with Crippen molar-refractivity contribution >= 4 is 16.8 Å². The normalized spacial score (nSPS) is 10.5. The number of hydrogen-bond acceptors (Lipinski definition) is 3. The molecule has 0 atom stereocenters. The molecule has 0 fully saturated rings. The molecule has 1 N–H and O–H groups in total. The van der Waals surface area contributed by atoms with Gasteiger partial charge >= 0.3 is 0 Å². The van der Waals surface area contributed by atoms with Crippen LogP contribution in [-0.2, 0) is 6.54 Å². The van der Waals surface area contributed by atoms with Crippen LogP contribution in [-0.4, -0.2) is 10.9 Å². The molecule has 27 heavy (non-hydrogen) atoms. The minimum atomic E-state index is -0.145. The minimum Gasteiger partial charge on any atom is -0.457 e. The topological polar surface area (TPSA) is 51.2 Å². The Morgan fingerprint density at radius 1 is 0.852 bits per heavy atom. The monoisotopic (exact) mass is 354 g/mol. The van der Waals surface area contributed by atoms with Crippen molar-refractivity contribution in [1.29, 1.82) is 0 Å². The summed E-state index contributed by atoms with van der Waals surface area (Å²) in [6.45, 7) is 0.411. The van der Waals surface area contributed by atoms with E-state index < -0.39 is 0 Å². The first-order chi connectivity index (χ1) is 13.3. The number of nitrogens with zero attached hydrogens (tertiary/aromatic N) is 1. The summed E-state index contributed by atoms with van der Waals surface area (Å²) in [6.07, 6.45) is 1.70. The molecule has 0 radical (unpaired) electrons. The summed E-state index contributed by atoms with van der Waals surface area (Å²) in [7, 11) is 0. The molecule has 0 saturated carbocycles. The molecule has 1 aromatic heterocycles. The fourth-order valence-corrected chi connectivity index (χ4v) is 2.91. The van der Waals surface area contributed by atoms with Crippen LogP contribution in [0.15, 0.2) is 91.1 Å². The van der Waals surface area contributed by atoms with Gasteiger partial charge in [-0.15, -0.1) is 0 Å². The third kappa shape index (κ3) is 3.96. The van der Waals surface area contributed by atoms with Gasteiger partial charge in [-0.2, -0.15) is 0 Å². The van der Waals surface area contributed by atoms with E-state index in [2.05, 4.69) is 10.3 Å². The lowest BCUT2D eigenvalue weighted by Crippen LogP contribution is -2.23. The van der Waals surface area contributed by atoms with Gasteiger partial charge in [0.15, 0.2) is 0 Å². The largest absolute Gasteiger partial charge is 0.457 e. The fraction of sp³-hybridized carbons (Fsp3) is 0.0435. The minimum absolute atomic E-state index is 0.145. The summed E-state index contributed by atoms with van der Waals surface area (Å²) in [4.78, 5) is 17.0. The first-order valence-electron chi connectivity index (χ1n) is 8.73. The van der Waals surface area contributed by atoms with Crippen molar-refractivity contribution < 1.29 is 9.53 Å². The number of para-hydroxylation sites is 2. The highest BCUT2D eigenvalue weighted by atomic mass is 16.5. The van der Waals surface area contributed by atoms with Crippen LogP contribution in [0.3, 0.4) is 0 Å². The lowest BCUT2D eigenvalue weighted by molar-refractivity contribution is 0.0952. The molecule has 0 saturated heterocycles. The van der Waals surface area contributed by atoms with Crippen molar-refractivity contribution in [3.05, 3.63) is 102 Å². The number of pyridine rings is 1. The molecule has 3 aromatic carbocycles. The van der Waals surface area contributed by atoms with Crippen LogP contribution < -0.4 is 10.1 Å². The van der Waals surface area contributed by atoms with Gasteiger partial charge in [0, 0.05) is 18.1 Å². The second-order valence-electron chi connectivity index (χ2n) is 6.13. The number of carbonyl (C=O) groups is 1. The fourth-order valence-electron chi connectivity index (χ4n) is 2.91. The number of amides is 1. The molecule has 132 valence electrons. The molecule has 0 aliphatic rings. The summed E-state index contributed by atoms with van der Waals surface area (Å²) < 4.78 is 5.85. The second-order valence-corrected chi connectivity index (χ2v) is 6.13. The molecule has 4 nitrogen and oxygen atoms in total. The molecule has 4 heteroatoms. The molecule has 0 aliphatic heterocycles. The number of carbonyl (C=O) groups excluding carboxylic acids is 1. The van der Waals surface area contributed by atoms with E-state index >= 15 is 0 Å². The van der Waals surface area contributed by atoms with Crippen molar-refractivity contribution in [2.24, 2.45) is 0 Å². The first kappa shape index (κ1) is 16.8. The van der Waals surface area contributed by atoms with E-state index in [0.717, 1.165) is 22.4 Å². The third-order valence-corrected chi connectivity index (χ3v) is 4.21. The van der Waals surface area contributed by atoms with E-state index in [4.69, 9.17) is 4.74 Å². The molecule has 0 spiro atoms. The zero-order chi connectivity index (χ0) is 18.5. The molecule has 0 unspecified atom stereocenters. The van der Waals surface area contributed by atoms with Crippen LogP contribution in [0.25, 0.3) is 10.9 Å². The van der Waals surface area contributed by atoms with Crippen molar-refractivity contribution in [1.82, 2.24) is 10.3 Å². The summed E-state index contributed by atoms with van der Waals surface area (Å²) in [6, 6.07) is 26.7. The molecule has 1 amide bonds. The maximum absolute atomic E-state index is 12.6. The van der Waals surface area contributed by atoms with Crippen LogP contribution in [0.5, 0.6) is 11.5 Å². The van der Waals surface area contributed by atoms with E-state index in [1.165, 1.54) is 0 Å². The Morgan fingerprint density at radius 3 is 2.52 bits per heavy atom. The summed E-state index contributed by atoms with van der Waals surface area (Å²) >= 11 is 0. The van der Waals surface area contributed by atoms with Gasteiger partial charge in [-0.25, -0.2) is 0 Å². The summed E-state index contributed by atoms with van der Waals surface area (Å²) in [5, 5.41) is 3.91. The highest BCUT2D eigenvalue weighted by molar-refractivity contribution is 6.05. The molecular weight excluding hydrogens is 336 g/mol. The van der Waals surface area contributed by atoms with E-state index in [9.17, 15) is 4.79 Å². The Morgan fingerprint density at radius 2 is 1.63 bits per heavy atom. The predicted octanol–water partition coefficient (Wildman–Crippen LogP) is 4.96. The quantitative estimate of drug-likeness (QED) is 0.551. The van der Waals surface area contributed by atoms with Gasteiger partial charge < -0.3 is 10.1 Å². The Hall–Kier alpha value is -3.66. The maximum Gasteiger partial charge on any atom is 0.253 e. The van der Waals surface area contributed by atoms with Crippen LogP contribution in [0.4, 0.5) is 0 Å². The second kappa shape index (κ2) is 7.70. The highest BCUT2D eigenvalue weighted by Crippen LogP contribution is 2.22. The molecular formula is C23H18N2O2. The SMILES string of the molecule is O=C(NCc1cccc(Oc2ccccc2)c1)c1cccc2cccnc12. The maximum atomic E-state index is 12.6. The number of aromatic nitrogens is 1. The molecule has 4 aromatic rings. The Bertz CT molecular complexity index is 1070. The number of ether oxygens (including phenoxy) is 1. The van der Waals surface area contributed by atoms with Gasteiger partial charge in [0.1, 0.15) is 11.5 Å². The van der Waals surface area contributed by atoms with Crippen molar-refractivity contribution in [2.75, 3.05) is 0 Å². The number of fused-ring (bicyclic) bond motifs is 1. The average molecular weight is 354 g/mol. The summed E-state index contributed by atoms with van der Waals surface area (Å²) in [5.41, 5.74) is 2.24. The molecule has 0 aliphatic carbocycles. The van der Waals surface area contributed by atoms with Gasteiger partial charge in [-0.05, 0) is 42.0 Å². The summed E-state index contributed by atoms with van der Waals surface area (Å²) in [5.74, 6) is 1.37. The lowest BCUT2D eigenvalue weighted by atomic mass is 10.1. The van der Waals surface area contributed by atoms with E-state index in [1.807, 2.05) is 78.9 Å². The lowest BCUT2D eigenvalue weighted by Gasteiger charge is -2.10.